The second-order valence-corrected chi connectivity index (χ2v) is 8.97. The van der Waals surface area contributed by atoms with E-state index in [1.165, 1.54) is 17.9 Å². The van der Waals surface area contributed by atoms with E-state index in [-0.39, 0.29) is 36.5 Å². The van der Waals surface area contributed by atoms with Crippen molar-refractivity contribution in [2.45, 2.75) is 31.7 Å². The minimum absolute atomic E-state index is 0.0656. The number of amides is 2. The monoisotopic (exact) mass is 384 g/mol. The molecule has 2 heterocycles. The van der Waals surface area contributed by atoms with Crippen molar-refractivity contribution in [2.75, 3.05) is 29.6 Å². The van der Waals surface area contributed by atoms with Gasteiger partial charge in [-0.25, -0.2) is 17.6 Å². The van der Waals surface area contributed by atoms with E-state index in [2.05, 4.69) is 5.32 Å². The molecule has 3 rings (SSSR count). The Morgan fingerprint density at radius 1 is 1.35 bits per heavy atom. The molecule has 2 amide bonds. The van der Waals surface area contributed by atoms with Gasteiger partial charge in [-0.15, -0.1) is 0 Å². The zero-order valence-corrected chi connectivity index (χ0v) is 15.2. The maximum absolute atomic E-state index is 14.7. The quantitative estimate of drug-likeness (QED) is 0.851. The van der Waals surface area contributed by atoms with Gasteiger partial charge < -0.3 is 10.1 Å². The lowest BCUT2D eigenvalue weighted by molar-refractivity contribution is -0.119. The van der Waals surface area contributed by atoms with E-state index >= 15 is 0 Å². The van der Waals surface area contributed by atoms with Crippen LogP contribution in [0.4, 0.5) is 14.9 Å². The Kier molecular flexibility index (Phi) is 5.17. The molecular formula is C17H21FN2O5S. The number of anilines is 1. The normalized spacial score (nSPS) is 22.9. The van der Waals surface area contributed by atoms with Crippen LogP contribution in [0, 0.1) is 5.82 Å². The SMILES string of the molecule is CC(=O)NC[C@H]1COC(=O)N1c1ccc(C2CCS(=O)(=O)CC2)c(F)c1. The van der Waals surface area contributed by atoms with Crippen molar-refractivity contribution >= 4 is 27.5 Å². The summed E-state index contributed by atoms with van der Waals surface area (Å²) < 4.78 is 42.8. The van der Waals surface area contributed by atoms with Crippen LogP contribution in [0.15, 0.2) is 18.2 Å². The van der Waals surface area contributed by atoms with E-state index in [1.807, 2.05) is 0 Å². The molecule has 26 heavy (non-hydrogen) atoms. The Morgan fingerprint density at radius 2 is 2.04 bits per heavy atom. The van der Waals surface area contributed by atoms with Gasteiger partial charge in [0, 0.05) is 13.5 Å². The smallest absolute Gasteiger partial charge is 0.414 e. The topological polar surface area (TPSA) is 92.8 Å². The lowest BCUT2D eigenvalue weighted by atomic mass is 9.93. The Hall–Kier alpha value is -2.16. The molecule has 7 nitrogen and oxygen atoms in total. The zero-order chi connectivity index (χ0) is 18.9. The molecule has 1 aromatic carbocycles. The third-order valence-corrected chi connectivity index (χ3v) is 6.52. The summed E-state index contributed by atoms with van der Waals surface area (Å²) in [7, 11) is -3.01. The number of cyclic esters (lactones) is 1. The molecular weight excluding hydrogens is 363 g/mol. The zero-order valence-electron chi connectivity index (χ0n) is 14.4. The van der Waals surface area contributed by atoms with E-state index in [0.29, 0.717) is 24.1 Å². The largest absolute Gasteiger partial charge is 0.447 e. The number of carbonyl (C=O) groups excluding carboxylic acids is 2. The molecule has 0 radical (unpaired) electrons. The summed E-state index contributed by atoms with van der Waals surface area (Å²) in [5.74, 6) is -0.706. The highest BCUT2D eigenvalue weighted by atomic mass is 32.2. The van der Waals surface area contributed by atoms with Crippen molar-refractivity contribution in [1.82, 2.24) is 5.32 Å². The van der Waals surface area contributed by atoms with Gasteiger partial charge in [0.1, 0.15) is 22.3 Å². The second-order valence-electron chi connectivity index (χ2n) is 6.67. The summed E-state index contributed by atoms with van der Waals surface area (Å²) in [6, 6.07) is 4.10. The fourth-order valence-electron chi connectivity index (χ4n) is 3.39. The summed E-state index contributed by atoms with van der Waals surface area (Å²) in [6.45, 7) is 1.70. The molecule has 9 heteroatoms. The minimum Gasteiger partial charge on any atom is -0.447 e. The summed E-state index contributed by atoms with van der Waals surface area (Å²) in [5.41, 5.74) is 0.821. The van der Waals surface area contributed by atoms with Gasteiger partial charge in [-0.05, 0) is 36.5 Å². The molecule has 142 valence electrons. The van der Waals surface area contributed by atoms with Crippen molar-refractivity contribution in [1.29, 1.82) is 0 Å². The Balaban J connectivity index is 1.78. The number of nitrogens with one attached hydrogen (secondary N) is 1. The Morgan fingerprint density at radius 3 is 2.65 bits per heavy atom. The van der Waals surface area contributed by atoms with Crippen molar-refractivity contribution in [2.24, 2.45) is 0 Å². The third kappa shape index (κ3) is 3.98. The van der Waals surface area contributed by atoms with Gasteiger partial charge in [-0.2, -0.15) is 0 Å². The number of sulfone groups is 1. The molecule has 1 atom stereocenters. The van der Waals surface area contributed by atoms with E-state index < -0.39 is 27.8 Å². The number of benzene rings is 1. The van der Waals surface area contributed by atoms with Gasteiger partial charge in [-0.1, -0.05) is 6.07 Å². The molecule has 0 unspecified atom stereocenters. The van der Waals surface area contributed by atoms with Gasteiger partial charge >= 0.3 is 6.09 Å². The first kappa shape index (κ1) is 18.6. The average Bonchev–Trinajstić information content (AvgIpc) is 2.94. The highest BCUT2D eigenvalue weighted by Crippen LogP contribution is 2.33. The molecule has 1 N–H and O–H groups in total. The van der Waals surface area contributed by atoms with Crippen molar-refractivity contribution in [3.63, 3.8) is 0 Å². The number of hydrogen-bond donors (Lipinski definition) is 1. The number of halogens is 1. The standard InChI is InChI=1S/C17H21FN2O5S/c1-11(21)19-9-14-10-25-17(22)20(14)13-2-3-15(16(18)8-13)12-4-6-26(23,24)7-5-12/h2-3,8,12,14H,4-7,9-10H2,1H3,(H,19,21)/t14-/m0/s1. The third-order valence-electron chi connectivity index (χ3n) is 4.80. The van der Waals surface area contributed by atoms with Gasteiger partial charge in [0.2, 0.25) is 5.91 Å². The van der Waals surface area contributed by atoms with Gasteiger partial charge in [0.05, 0.1) is 23.2 Å². The number of hydrogen-bond acceptors (Lipinski definition) is 5. The van der Waals surface area contributed by atoms with Crippen LogP contribution in [0.25, 0.3) is 0 Å². The first-order chi connectivity index (χ1) is 12.3. The van der Waals surface area contributed by atoms with E-state index in [0.717, 1.165) is 0 Å². The first-order valence-electron chi connectivity index (χ1n) is 8.47. The van der Waals surface area contributed by atoms with Crippen molar-refractivity contribution in [3.8, 4) is 0 Å². The first-order valence-corrected chi connectivity index (χ1v) is 10.3. The van der Waals surface area contributed by atoms with Crippen LogP contribution in [0.5, 0.6) is 0 Å². The van der Waals surface area contributed by atoms with Crippen LogP contribution in [-0.2, 0) is 19.4 Å². The van der Waals surface area contributed by atoms with Crippen LogP contribution in [0.3, 0.4) is 0 Å². The molecule has 0 bridgehead atoms. The van der Waals surface area contributed by atoms with Gasteiger partial charge in [0.15, 0.2) is 0 Å². The van der Waals surface area contributed by atoms with Crippen molar-refractivity contribution < 1.29 is 27.1 Å². The predicted molar refractivity (Wildman–Crippen MR) is 93.3 cm³/mol. The van der Waals surface area contributed by atoms with Crippen LogP contribution in [-0.4, -0.2) is 51.1 Å². The fourth-order valence-corrected chi connectivity index (χ4v) is 4.88. The molecule has 0 aromatic heterocycles. The lowest BCUT2D eigenvalue weighted by Crippen LogP contribution is -2.42. The molecule has 0 spiro atoms. The van der Waals surface area contributed by atoms with Crippen LogP contribution in [0.1, 0.15) is 31.2 Å². The summed E-state index contributed by atoms with van der Waals surface area (Å²) in [6.07, 6.45) is 0.210. The summed E-state index contributed by atoms with van der Waals surface area (Å²) in [4.78, 5) is 24.4. The van der Waals surface area contributed by atoms with Crippen LogP contribution in [0.2, 0.25) is 0 Å². The number of ether oxygens (including phenoxy) is 1. The Labute approximate surface area is 151 Å². The van der Waals surface area contributed by atoms with Crippen LogP contribution >= 0.6 is 0 Å². The molecule has 0 saturated carbocycles. The van der Waals surface area contributed by atoms with Gasteiger partial charge in [0.25, 0.3) is 0 Å². The maximum Gasteiger partial charge on any atom is 0.414 e. The molecule has 2 aliphatic heterocycles. The van der Waals surface area contributed by atoms with E-state index in [1.54, 1.807) is 12.1 Å². The van der Waals surface area contributed by atoms with E-state index in [4.69, 9.17) is 4.74 Å². The number of rotatable bonds is 4. The highest BCUT2D eigenvalue weighted by Gasteiger charge is 2.35. The molecule has 2 aliphatic rings. The van der Waals surface area contributed by atoms with Crippen molar-refractivity contribution in [3.05, 3.63) is 29.6 Å². The maximum atomic E-state index is 14.7. The fraction of sp³-hybridized carbons (Fsp3) is 0.529. The molecule has 2 fully saturated rings. The summed E-state index contributed by atoms with van der Waals surface area (Å²) in [5, 5.41) is 2.63. The van der Waals surface area contributed by atoms with Crippen LogP contribution < -0.4 is 10.2 Å². The summed E-state index contributed by atoms with van der Waals surface area (Å²) >= 11 is 0. The van der Waals surface area contributed by atoms with E-state index in [9.17, 15) is 22.4 Å². The van der Waals surface area contributed by atoms with Gasteiger partial charge in [-0.3, -0.25) is 9.69 Å². The highest BCUT2D eigenvalue weighted by molar-refractivity contribution is 7.91. The second kappa shape index (κ2) is 7.22. The predicted octanol–water partition coefficient (Wildman–Crippen LogP) is 1.58. The Bertz CT molecular complexity index is 812. The molecule has 1 aromatic rings. The number of nitrogens with zero attached hydrogens (tertiary/aromatic N) is 1. The lowest BCUT2D eigenvalue weighted by Gasteiger charge is -2.25. The number of carbonyl (C=O) groups is 2. The minimum atomic E-state index is -3.01. The molecule has 2 saturated heterocycles. The molecule has 0 aliphatic carbocycles. The average molecular weight is 384 g/mol.